The van der Waals surface area contributed by atoms with Crippen LogP contribution in [0.1, 0.15) is 31.4 Å². The molecular weight excluding hydrogens is 350 g/mol. The van der Waals surface area contributed by atoms with E-state index in [4.69, 9.17) is 4.74 Å². The zero-order chi connectivity index (χ0) is 19.9. The molecule has 28 heavy (non-hydrogen) atoms. The van der Waals surface area contributed by atoms with Crippen LogP contribution < -0.4 is 15.0 Å². The minimum absolute atomic E-state index is 0.000778. The first-order chi connectivity index (χ1) is 13.4. The lowest BCUT2D eigenvalue weighted by Gasteiger charge is -2.32. The molecule has 5 nitrogen and oxygen atoms in total. The molecule has 3 atom stereocenters. The number of amides is 1. The van der Waals surface area contributed by atoms with Crippen molar-refractivity contribution in [1.29, 1.82) is 0 Å². The molecule has 2 aliphatic rings. The summed E-state index contributed by atoms with van der Waals surface area (Å²) in [6.07, 6.45) is 1.84. The number of fused-ring (bicyclic) bond motifs is 3. The summed E-state index contributed by atoms with van der Waals surface area (Å²) in [5.74, 6) is 0.605. The maximum atomic E-state index is 12.4. The van der Waals surface area contributed by atoms with Crippen LogP contribution in [0.5, 0.6) is 5.75 Å². The Hall–Kier alpha value is -2.53. The summed E-state index contributed by atoms with van der Waals surface area (Å²) in [6.45, 7) is 5.38. The number of hydrogen-bond donors (Lipinski definition) is 1. The molecular formula is C23H29N3O2. The van der Waals surface area contributed by atoms with E-state index in [1.165, 1.54) is 16.8 Å². The van der Waals surface area contributed by atoms with Gasteiger partial charge in [0.2, 0.25) is 0 Å². The minimum Gasteiger partial charge on any atom is -0.410 e. The molecule has 2 aliphatic heterocycles. The number of benzene rings is 2. The van der Waals surface area contributed by atoms with Crippen molar-refractivity contribution in [3.63, 3.8) is 0 Å². The molecule has 0 aromatic heterocycles. The van der Waals surface area contributed by atoms with Crippen LogP contribution in [0.25, 0.3) is 0 Å². The third kappa shape index (κ3) is 3.24. The van der Waals surface area contributed by atoms with Gasteiger partial charge < -0.3 is 15.0 Å². The first-order valence-corrected chi connectivity index (χ1v) is 9.98. The number of nitrogens with zero attached hydrogens (tertiary/aromatic N) is 2. The van der Waals surface area contributed by atoms with Crippen LogP contribution in [-0.2, 0) is 11.8 Å². The van der Waals surface area contributed by atoms with Gasteiger partial charge in [0.15, 0.2) is 0 Å². The highest BCUT2D eigenvalue weighted by molar-refractivity contribution is 5.72. The Balaban J connectivity index is 1.44. The molecule has 148 valence electrons. The Morgan fingerprint density at radius 3 is 2.75 bits per heavy atom. The third-order valence-electron chi connectivity index (χ3n) is 6.26. The topological polar surface area (TPSA) is 44.8 Å². The second-order valence-electron chi connectivity index (χ2n) is 8.44. The molecule has 0 unspecified atom stereocenters. The van der Waals surface area contributed by atoms with E-state index < -0.39 is 6.09 Å². The molecule has 1 saturated heterocycles. The fraction of sp³-hybridized carbons (Fsp3) is 0.435. The van der Waals surface area contributed by atoms with Gasteiger partial charge in [0.1, 0.15) is 5.75 Å². The largest absolute Gasteiger partial charge is 0.412 e. The number of hydrogen-bond acceptors (Lipinski definition) is 4. The number of ether oxygens (including phenoxy) is 1. The SMILES string of the molecule is C[C@@H](Cc1ccccc1)NC(=O)Oc1ccc2c(c1)[C@]1(C)CCN(C)[C@@H]1N2C. The van der Waals surface area contributed by atoms with Crippen molar-refractivity contribution in [2.24, 2.45) is 0 Å². The number of nitrogens with one attached hydrogen (secondary N) is 1. The van der Waals surface area contributed by atoms with Crippen LogP contribution in [0.3, 0.4) is 0 Å². The summed E-state index contributed by atoms with van der Waals surface area (Å²) < 4.78 is 5.62. The van der Waals surface area contributed by atoms with E-state index >= 15 is 0 Å². The molecule has 2 heterocycles. The molecule has 0 saturated carbocycles. The summed E-state index contributed by atoms with van der Waals surface area (Å²) >= 11 is 0. The van der Waals surface area contributed by atoms with Crippen molar-refractivity contribution < 1.29 is 9.53 Å². The Labute approximate surface area is 167 Å². The fourth-order valence-electron chi connectivity index (χ4n) is 4.97. The van der Waals surface area contributed by atoms with E-state index in [-0.39, 0.29) is 11.5 Å². The average Bonchev–Trinajstić information content (AvgIpc) is 3.08. The molecule has 2 aromatic carbocycles. The van der Waals surface area contributed by atoms with E-state index in [1.54, 1.807) is 0 Å². The molecule has 0 aliphatic carbocycles. The van der Waals surface area contributed by atoms with Crippen molar-refractivity contribution in [3.05, 3.63) is 59.7 Å². The zero-order valence-electron chi connectivity index (χ0n) is 17.1. The van der Waals surface area contributed by atoms with Gasteiger partial charge in [-0.25, -0.2) is 4.79 Å². The van der Waals surface area contributed by atoms with Crippen molar-refractivity contribution in [1.82, 2.24) is 10.2 Å². The molecule has 0 spiro atoms. The molecule has 2 aromatic rings. The third-order valence-corrected chi connectivity index (χ3v) is 6.26. The highest BCUT2D eigenvalue weighted by Gasteiger charge is 2.52. The van der Waals surface area contributed by atoms with Crippen LogP contribution in [0.15, 0.2) is 48.5 Å². The van der Waals surface area contributed by atoms with E-state index in [0.29, 0.717) is 11.9 Å². The van der Waals surface area contributed by atoms with Gasteiger partial charge in [0, 0.05) is 30.7 Å². The second-order valence-corrected chi connectivity index (χ2v) is 8.44. The summed E-state index contributed by atoms with van der Waals surface area (Å²) in [4.78, 5) is 17.1. The Kier molecular flexibility index (Phi) is 4.79. The molecule has 1 fully saturated rings. The predicted molar refractivity (Wildman–Crippen MR) is 112 cm³/mol. The van der Waals surface area contributed by atoms with E-state index in [9.17, 15) is 4.79 Å². The van der Waals surface area contributed by atoms with Crippen LogP contribution in [0.2, 0.25) is 0 Å². The number of carbonyl (C=O) groups is 1. The molecule has 0 bridgehead atoms. The van der Waals surface area contributed by atoms with Crippen LogP contribution in [0.4, 0.5) is 10.5 Å². The van der Waals surface area contributed by atoms with Crippen LogP contribution in [-0.4, -0.2) is 43.8 Å². The minimum atomic E-state index is -0.403. The van der Waals surface area contributed by atoms with Crippen molar-refractivity contribution >= 4 is 11.8 Å². The number of likely N-dealkylation sites (N-methyl/N-ethyl adjacent to an activating group) is 2. The van der Waals surface area contributed by atoms with Gasteiger partial charge in [0.25, 0.3) is 0 Å². The zero-order valence-corrected chi connectivity index (χ0v) is 17.1. The van der Waals surface area contributed by atoms with Gasteiger partial charge in [-0.1, -0.05) is 37.3 Å². The van der Waals surface area contributed by atoms with Gasteiger partial charge in [-0.2, -0.15) is 0 Å². The first kappa shape index (κ1) is 18.8. The Morgan fingerprint density at radius 1 is 1.25 bits per heavy atom. The lowest BCUT2D eigenvalue weighted by Crippen LogP contribution is -2.45. The second kappa shape index (κ2) is 7.13. The Morgan fingerprint density at radius 2 is 2.00 bits per heavy atom. The number of likely N-dealkylation sites (tertiary alicyclic amines) is 1. The smallest absolute Gasteiger partial charge is 0.410 e. The number of rotatable bonds is 4. The highest BCUT2D eigenvalue weighted by atomic mass is 16.6. The van der Waals surface area contributed by atoms with Gasteiger partial charge >= 0.3 is 6.09 Å². The molecule has 0 radical (unpaired) electrons. The molecule has 4 rings (SSSR count). The number of carbonyl (C=O) groups excluding carboxylic acids is 1. The van der Waals surface area contributed by atoms with E-state index in [0.717, 1.165) is 19.4 Å². The number of anilines is 1. The maximum Gasteiger partial charge on any atom is 0.412 e. The quantitative estimate of drug-likeness (QED) is 0.878. The summed E-state index contributed by atoms with van der Waals surface area (Å²) in [6, 6.07) is 16.2. The van der Waals surface area contributed by atoms with Gasteiger partial charge in [-0.3, -0.25) is 4.90 Å². The van der Waals surface area contributed by atoms with E-state index in [1.807, 2.05) is 37.3 Å². The summed E-state index contributed by atoms with van der Waals surface area (Å²) in [5.41, 5.74) is 3.76. The normalized spacial score (nSPS) is 24.6. The lowest BCUT2D eigenvalue weighted by molar-refractivity contribution is 0.196. The van der Waals surface area contributed by atoms with Crippen molar-refractivity contribution in [2.75, 3.05) is 25.5 Å². The summed E-state index contributed by atoms with van der Waals surface area (Å²) in [5, 5.41) is 2.94. The van der Waals surface area contributed by atoms with Gasteiger partial charge in [-0.15, -0.1) is 0 Å². The van der Waals surface area contributed by atoms with Gasteiger partial charge in [0.05, 0.1) is 6.17 Å². The van der Waals surface area contributed by atoms with Crippen molar-refractivity contribution in [3.8, 4) is 5.75 Å². The molecule has 5 heteroatoms. The van der Waals surface area contributed by atoms with Crippen molar-refractivity contribution in [2.45, 2.75) is 44.3 Å². The maximum absolute atomic E-state index is 12.4. The Bertz CT molecular complexity index is 869. The fourth-order valence-corrected chi connectivity index (χ4v) is 4.97. The van der Waals surface area contributed by atoms with E-state index in [2.05, 4.69) is 54.3 Å². The standard InChI is InChI=1S/C23H29N3O2/c1-16(14-17-8-6-5-7-9-17)24-22(27)28-18-10-11-20-19(15-18)23(2)12-13-25(3)21(23)26(20)4/h5-11,15-16,21H,12-14H2,1-4H3,(H,24,27)/t16-,21+,23-/m0/s1. The monoisotopic (exact) mass is 379 g/mol. The molecule has 1 amide bonds. The molecule has 1 N–H and O–H groups in total. The van der Waals surface area contributed by atoms with Crippen LogP contribution in [0, 0.1) is 0 Å². The first-order valence-electron chi connectivity index (χ1n) is 9.98. The lowest BCUT2D eigenvalue weighted by atomic mass is 9.81. The summed E-state index contributed by atoms with van der Waals surface area (Å²) in [7, 11) is 4.33. The van der Waals surface area contributed by atoms with Crippen LogP contribution >= 0.6 is 0 Å². The highest BCUT2D eigenvalue weighted by Crippen LogP contribution is 2.51. The predicted octanol–water partition coefficient (Wildman–Crippen LogP) is 3.78. The van der Waals surface area contributed by atoms with Gasteiger partial charge in [-0.05, 0) is 56.1 Å². The average molecular weight is 380 g/mol.